The summed E-state index contributed by atoms with van der Waals surface area (Å²) >= 11 is 0. The molecule has 2 nitrogen and oxygen atoms in total. The molecule has 0 radical (unpaired) electrons. The molecule has 0 bridgehead atoms. The molecule has 0 aliphatic heterocycles. The first kappa shape index (κ1) is 3.67. The van der Waals surface area contributed by atoms with Crippen LogP contribution in [0.15, 0.2) is 36.6 Å². The van der Waals surface area contributed by atoms with E-state index in [0.717, 1.165) is 5.52 Å². The molecule has 9 heavy (non-hydrogen) atoms. The molecule has 0 N–H and O–H groups in total. The van der Waals surface area contributed by atoms with Crippen LogP contribution in [0.5, 0.6) is 0 Å². The van der Waals surface area contributed by atoms with Crippen molar-refractivity contribution >= 4 is 5.52 Å². The summed E-state index contributed by atoms with van der Waals surface area (Å²) in [6, 6.07) is 6.13. The summed E-state index contributed by atoms with van der Waals surface area (Å²) in [4.78, 5) is 0. The molecule has 0 saturated carbocycles. The van der Waals surface area contributed by atoms with Crippen molar-refractivity contribution in [2.45, 2.75) is 0 Å². The first-order chi connectivity index (χ1) is 4.88. The number of nitrogens with zero attached hydrogens (tertiary/aromatic N) is 2. The van der Waals surface area contributed by atoms with Crippen molar-refractivity contribution in [3.63, 3.8) is 0 Å². The quantitative estimate of drug-likeness (QED) is 0.511. The van der Waals surface area contributed by atoms with E-state index in [9.17, 15) is 0 Å². The van der Waals surface area contributed by atoms with Gasteiger partial charge in [-0.25, -0.2) is 4.52 Å². The van der Waals surface area contributed by atoms with Gasteiger partial charge < -0.3 is 0 Å². The van der Waals surface area contributed by atoms with Gasteiger partial charge in [0.25, 0.3) is 0 Å². The van der Waals surface area contributed by atoms with Crippen molar-refractivity contribution in [3.8, 4) is 0 Å². The molecular formula is C7H6N2. The Morgan fingerprint density at radius 3 is 3.44 bits per heavy atom. The molecule has 2 aromatic rings. The smallest absolute Gasteiger partial charge is 0.0663 e. The average Bonchev–Trinajstić information content (AvgIpc) is 2.34. The fourth-order valence-corrected chi connectivity index (χ4v) is 0.807. The van der Waals surface area contributed by atoms with Crippen molar-refractivity contribution in [1.82, 2.24) is 9.61 Å². The first-order valence-corrected chi connectivity index (χ1v) is 2.77. The molecule has 0 amide bonds. The van der Waals surface area contributed by atoms with Crippen molar-refractivity contribution in [2.24, 2.45) is 0 Å². The van der Waals surface area contributed by atoms with Gasteiger partial charge in [-0.3, -0.25) is 0 Å². The fourth-order valence-electron chi connectivity index (χ4n) is 0.807. The Kier molecular flexibility index (Phi) is 0.646. The van der Waals surface area contributed by atoms with Gasteiger partial charge in [-0.05, 0) is 18.2 Å². The highest BCUT2D eigenvalue weighted by molar-refractivity contribution is 5.44. The maximum atomic E-state index is 7.36. The van der Waals surface area contributed by atoms with Gasteiger partial charge in [0, 0.05) is 12.4 Å². The van der Waals surface area contributed by atoms with Gasteiger partial charge in [-0.2, -0.15) is 5.10 Å². The summed E-state index contributed by atoms with van der Waals surface area (Å²) < 4.78 is 9.04. The van der Waals surface area contributed by atoms with Gasteiger partial charge >= 0.3 is 0 Å². The van der Waals surface area contributed by atoms with Gasteiger partial charge in [0.1, 0.15) is 0 Å². The van der Waals surface area contributed by atoms with E-state index >= 15 is 0 Å². The highest BCUT2D eigenvalue weighted by Gasteiger charge is 1.85. The molecule has 0 saturated heterocycles. The molecule has 44 valence electrons. The van der Waals surface area contributed by atoms with E-state index in [-0.39, 0.29) is 0 Å². The molecule has 0 unspecified atom stereocenters. The van der Waals surface area contributed by atoms with Crippen LogP contribution >= 0.6 is 0 Å². The lowest BCUT2D eigenvalue weighted by Gasteiger charge is -1.86. The molecular weight excluding hydrogens is 112 g/mol. The second-order valence-corrected chi connectivity index (χ2v) is 1.82. The van der Waals surface area contributed by atoms with Crippen LogP contribution in [0.3, 0.4) is 0 Å². The van der Waals surface area contributed by atoms with Crippen LogP contribution < -0.4 is 0 Å². The van der Waals surface area contributed by atoms with Crippen LogP contribution in [0, 0.1) is 0 Å². The topological polar surface area (TPSA) is 17.3 Å². The Morgan fingerprint density at radius 2 is 2.56 bits per heavy atom. The number of aromatic nitrogens is 2. The molecule has 0 atom stereocenters. The van der Waals surface area contributed by atoms with Gasteiger partial charge in [0.05, 0.1) is 6.89 Å². The predicted molar refractivity (Wildman–Crippen MR) is 35.2 cm³/mol. The van der Waals surface area contributed by atoms with E-state index in [1.807, 2.05) is 24.4 Å². The van der Waals surface area contributed by atoms with Crippen molar-refractivity contribution in [3.05, 3.63) is 36.6 Å². The minimum Gasteiger partial charge on any atom is -0.241 e. The lowest BCUT2D eigenvalue weighted by atomic mass is 10.4. The Hall–Kier alpha value is -1.31. The molecule has 2 heterocycles. The number of hydrogen-bond acceptors (Lipinski definition) is 1. The lowest BCUT2D eigenvalue weighted by molar-refractivity contribution is 0.961. The maximum Gasteiger partial charge on any atom is 0.0663 e. The predicted octanol–water partition coefficient (Wildman–Crippen LogP) is 1.33. The fraction of sp³-hybridized carbons (Fsp3) is 0. The van der Waals surface area contributed by atoms with Gasteiger partial charge in [0.2, 0.25) is 0 Å². The summed E-state index contributed by atoms with van der Waals surface area (Å²) in [7, 11) is 0. The summed E-state index contributed by atoms with van der Waals surface area (Å²) in [6.45, 7) is 0. The van der Waals surface area contributed by atoms with Crippen LogP contribution in [0.4, 0.5) is 0 Å². The second kappa shape index (κ2) is 1.58. The molecule has 0 aromatic carbocycles. The van der Waals surface area contributed by atoms with Gasteiger partial charge in [-0.1, -0.05) is 6.07 Å². The van der Waals surface area contributed by atoms with Crippen LogP contribution in [-0.4, -0.2) is 9.61 Å². The summed E-state index contributed by atoms with van der Waals surface area (Å²) in [6.07, 6.45) is 3.36. The minimum absolute atomic E-state index is 0.473. The summed E-state index contributed by atoms with van der Waals surface area (Å²) in [5.41, 5.74) is 0.850. The van der Waals surface area contributed by atoms with Crippen molar-refractivity contribution < 1.29 is 1.37 Å². The molecule has 0 fully saturated rings. The minimum atomic E-state index is 0.473. The number of hydrogen-bond donors (Lipinski definition) is 0. The lowest BCUT2D eigenvalue weighted by Crippen LogP contribution is -1.81. The Morgan fingerprint density at radius 1 is 1.56 bits per heavy atom. The summed E-state index contributed by atoms with van der Waals surface area (Å²) in [5, 5.41) is 3.95. The van der Waals surface area contributed by atoms with Crippen LogP contribution in [-0.2, 0) is 0 Å². The van der Waals surface area contributed by atoms with Gasteiger partial charge in [0.15, 0.2) is 0 Å². The van der Waals surface area contributed by atoms with E-state index in [2.05, 4.69) is 5.10 Å². The van der Waals surface area contributed by atoms with E-state index in [4.69, 9.17) is 1.37 Å². The normalized spacial score (nSPS) is 11.8. The molecule has 2 rings (SSSR count). The van der Waals surface area contributed by atoms with E-state index in [0.29, 0.717) is 6.04 Å². The van der Waals surface area contributed by atoms with E-state index in [1.165, 1.54) is 6.20 Å². The zero-order chi connectivity index (χ0) is 6.97. The zero-order valence-corrected chi connectivity index (χ0v) is 4.78. The van der Waals surface area contributed by atoms with Crippen molar-refractivity contribution in [1.29, 1.82) is 0 Å². The molecule has 2 aromatic heterocycles. The zero-order valence-electron chi connectivity index (χ0n) is 5.78. The van der Waals surface area contributed by atoms with Gasteiger partial charge in [-0.15, -0.1) is 0 Å². The average molecular weight is 119 g/mol. The molecule has 2 heteroatoms. The van der Waals surface area contributed by atoms with Crippen LogP contribution in [0.25, 0.3) is 5.52 Å². The summed E-state index contributed by atoms with van der Waals surface area (Å²) in [5.74, 6) is 0. The third-order valence-electron chi connectivity index (χ3n) is 1.23. The van der Waals surface area contributed by atoms with Crippen molar-refractivity contribution in [2.75, 3.05) is 0 Å². The number of fused-ring (bicyclic) bond motifs is 1. The molecule has 0 spiro atoms. The van der Waals surface area contributed by atoms with E-state index < -0.39 is 0 Å². The van der Waals surface area contributed by atoms with Crippen LogP contribution in [0.2, 0.25) is 0 Å². The van der Waals surface area contributed by atoms with E-state index in [1.54, 1.807) is 4.52 Å². The monoisotopic (exact) mass is 119 g/mol. The largest absolute Gasteiger partial charge is 0.241 e. The SMILES string of the molecule is [2H]c1cnn2ccccc12. The third-order valence-corrected chi connectivity index (χ3v) is 1.23. The first-order valence-electron chi connectivity index (χ1n) is 3.27. The highest BCUT2D eigenvalue weighted by Crippen LogP contribution is 1.98. The molecule has 0 aliphatic carbocycles. The highest BCUT2D eigenvalue weighted by atomic mass is 15.2. The second-order valence-electron chi connectivity index (χ2n) is 1.82. The Balaban J connectivity index is 2.93. The number of rotatable bonds is 0. The standard InChI is InChI=1S/C7H6N2/c1-2-6-9-7(3-1)4-5-8-9/h1-6H/i4D. The third kappa shape index (κ3) is 0.598. The Bertz CT molecular complexity index is 353. The Labute approximate surface area is 54.1 Å². The molecule has 0 aliphatic rings. The number of pyridine rings is 1. The van der Waals surface area contributed by atoms with Crippen LogP contribution in [0.1, 0.15) is 1.37 Å². The maximum absolute atomic E-state index is 7.36.